The third-order valence-electron chi connectivity index (χ3n) is 3.09. The molecular weight excluding hydrogens is 248 g/mol. The summed E-state index contributed by atoms with van der Waals surface area (Å²) in [5, 5.41) is 2.71. The van der Waals surface area contributed by atoms with E-state index in [9.17, 15) is 8.42 Å². The number of sulfonamides is 1. The second-order valence-corrected chi connectivity index (χ2v) is 7.04. The van der Waals surface area contributed by atoms with Crippen molar-refractivity contribution in [3.63, 3.8) is 0 Å². The lowest BCUT2D eigenvalue weighted by Crippen LogP contribution is -2.43. The monoisotopic (exact) mass is 278 g/mol. The van der Waals surface area contributed by atoms with Crippen LogP contribution < -0.4 is 10.0 Å². The third kappa shape index (κ3) is 7.34. The Balaban J connectivity index is 4.38. The normalized spacial score (nSPS) is 15.6. The molecule has 0 heterocycles. The van der Waals surface area contributed by atoms with Gasteiger partial charge in [0.25, 0.3) is 0 Å². The minimum atomic E-state index is -3.20. The SMILES string of the molecule is CCCCC(CCC)NS(=O)(=O)C(C)CNCC. The first-order valence-electron chi connectivity index (χ1n) is 7.19. The fraction of sp³-hybridized carbons (Fsp3) is 1.00. The third-order valence-corrected chi connectivity index (χ3v) is 4.97. The van der Waals surface area contributed by atoms with Crippen LogP contribution in [0, 0.1) is 0 Å². The van der Waals surface area contributed by atoms with Crippen molar-refractivity contribution in [2.45, 2.75) is 71.1 Å². The van der Waals surface area contributed by atoms with E-state index in [4.69, 9.17) is 0 Å². The standard InChI is InChI=1S/C13H30N2O2S/c1-5-8-10-13(9-6-2)15-18(16,17)12(4)11-14-7-3/h12-15H,5-11H2,1-4H3. The van der Waals surface area contributed by atoms with Crippen LogP contribution in [0.1, 0.15) is 59.8 Å². The molecule has 110 valence electrons. The summed E-state index contributed by atoms with van der Waals surface area (Å²) in [5.41, 5.74) is 0. The van der Waals surface area contributed by atoms with Crippen molar-refractivity contribution in [3.05, 3.63) is 0 Å². The van der Waals surface area contributed by atoms with Gasteiger partial charge in [0.2, 0.25) is 10.0 Å². The van der Waals surface area contributed by atoms with Crippen molar-refractivity contribution in [1.82, 2.24) is 10.0 Å². The molecule has 0 aliphatic heterocycles. The molecule has 4 nitrogen and oxygen atoms in total. The molecular formula is C13H30N2O2S. The van der Waals surface area contributed by atoms with Gasteiger partial charge in [0.15, 0.2) is 0 Å². The van der Waals surface area contributed by atoms with Crippen LogP contribution in [0.5, 0.6) is 0 Å². The zero-order valence-electron chi connectivity index (χ0n) is 12.3. The van der Waals surface area contributed by atoms with Crippen molar-refractivity contribution in [1.29, 1.82) is 0 Å². The van der Waals surface area contributed by atoms with Crippen LogP contribution in [-0.2, 0) is 10.0 Å². The zero-order chi connectivity index (χ0) is 14.0. The van der Waals surface area contributed by atoms with Crippen LogP contribution in [0.15, 0.2) is 0 Å². The second-order valence-electron chi connectivity index (χ2n) is 4.91. The van der Waals surface area contributed by atoms with Gasteiger partial charge in [0.05, 0.1) is 5.25 Å². The van der Waals surface area contributed by atoms with E-state index in [2.05, 4.69) is 23.9 Å². The molecule has 2 N–H and O–H groups in total. The van der Waals surface area contributed by atoms with Gasteiger partial charge in [0.1, 0.15) is 0 Å². The number of nitrogens with one attached hydrogen (secondary N) is 2. The van der Waals surface area contributed by atoms with Gasteiger partial charge in [-0.2, -0.15) is 0 Å². The van der Waals surface area contributed by atoms with Gasteiger partial charge >= 0.3 is 0 Å². The largest absolute Gasteiger partial charge is 0.316 e. The Bertz CT molecular complexity index is 291. The summed E-state index contributed by atoms with van der Waals surface area (Å²) < 4.78 is 27.1. The Hall–Kier alpha value is -0.130. The highest BCUT2D eigenvalue weighted by atomic mass is 32.2. The van der Waals surface area contributed by atoms with Gasteiger partial charge in [-0.05, 0) is 26.3 Å². The maximum atomic E-state index is 12.1. The van der Waals surface area contributed by atoms with Crippen molar-refractivity contribution in [3.8, 4) is 0 Å². The number of hydrogen-bond donors (Lipinski definition) is 2. The Morgan fingerprint density at radius 3 is 2.22 bits per heavy atom. The molecule has 5 heteroatoms. The molecule has 0 aliphatic rings. The maximum Gasteiger partial charge on any atom is 0.215 e. The van der Waals surface area contributed by atoms with E-state index in [-0.39, 0.29) is 11.3 Å². The predicted molar refractivity (Wildman–Crippen MR) is 78.3 cm³/mol. The van der Waals surface area contributed by atoms with E-state index in [1.54, 1.807) is 6.92 Å². The summed E-state index contributed by atoms with van der Waals surface area (Å²) >= 11 is 0. The van der Waals surface area contributed by atoms with Crippen molar-refractivity contribution >= 4 is 10.0 Å². The van der Waals surface area contributed by atoms with Crippen LogP contribution in [0.4, 0.5) is 0 Å². The topological polar surface area (TPSA) is 58.2 Å². The Labute approximate surface area is 113 Å². The molecule has 0 saturated carbocycles. The second kappa shape index (κ2) is 9.75. The Morgan fingerprint density at radius 1 is 1.06 bits per heavy atom. The van der Waals surface area contributed by atoms with Crippen LogP contribution in [0.3, 0.4) is 0 Å². The quantitative estimate of drug-likeness (QED) is 0.609. The molecule has 2 unspecified atom stereocenters. The molecule has 0 spiro atoms. The van der Waals surface area contributed by atoms with E-state index >= 15 is 0 Å². The minimum absolute atomic E-state index is 0.101. The van der Waals surface area contributed by atoms with Crippen LogP contribution in [0.2, 0.25) is 0 Å². The summed E-state index contributed by atoms with van der Waals surface area (Å²) in [6, 6.07) is 0.101. The molecule has 0 fully saturated rings. The van der Waals surface area contributed by atoms with Crippen molar-refractivity contribution < 1.29 is 8.42 Å². The van der Waals surface area contributed by atoms with Crippen molar-refractivity contribution in [2.75, 3.05) is 13.1 Å². The highest BCUT2D eigenvalue weighted by Crippen LogP contribution is 2.10. The van der Waals surface area contributed by atoms with Gasteiger partial charge < -0.3 is 5.32 Å². The molecule has 0 bridgehead atoms. The average molecular weight is 278 g/mol. The van der Waals surface area contributed by atoms with E-state index < -0.39 is 10.0 Å². The summed E-state index contributed by atoms with van der Waals surface area (Å²) in [4.78, 5) is 0. The molecule has 2 atom stereocenters. The first-order chi connectivity index (χ1) is 8.47. The lowest BCUT2D eigenvalue weighted by molar-refractivity contribution is 0.477. The fourth-order valence-electron chi connectivity index (χ4n) is 1.87. The van der Waals surface area contributed by atoms with Crippen molar-refractivity contribution in [2.24, 2.45) is 0 Å². The number of rotatable bonds is 11. The lowest BCUT2D eigenvalue weighted by Gasteiger charge is -2.21. The molecule has 0 saturated heterocycles. The van der Waals surface area contributed by atoms with Crippen LogP contribution >= 0.6 is 0 Å². The molecule has 0 aromatic rings. The van der Waals surface area contributed by atoms with E-state index in [1.807, 2.05) is 6.92 Å². The highest BCUT2D eigenvalue weighted by Gasteiger charge is 2.23. The predicted octanol–water partition coefficient (Wildman–Crippen LogP) is 2.26. The fourth-order valence-corrected chi connectivity index (χ4v) is 3.14. The average Bonchev–Trinajstić information content (AvgIpc) is 2.32. The van der Waals surface area contributed by atoms with Gasteiger partial charge in [-0.1, -0.05) is 40.0 Å². The molecule has 0 aromatic carbocycles. The Kier molecular flexibility index (Phi) is 9.68. The van der Waals surface area contributed by atoms with Gasteiger partial charge in [-0.15, -0.1) is 0 Å². The van der Waals surface area contributed by atoms with E-state index in [0.29, 0.717) is 6.54 Å². The first-order valence-corrected chi connectivity index (χ1v) is 8.74. The van der Waals surface area contributed by atoms with Crippen LogP contribution in [-0.4, -0.2) is 32.8 Å². The minimum Gasteiger partial charge on any atom is -0.316 e. The molecule has 0 amide bonds. The summed E-state index contributed by atoms with van der Waals surface area (Å²) in [6.45, 7) is 9.27. The van der Waals surface area contributed by atoms with Gasteiger partial charge in [-0.3, -0.25) is 0 Å². The molecule has 0 aromatic heterocycles. The Morgan fingerprint density at radius 2 is 1.72 bits per heavy atom. The molecule has 0 aliphatic carbocycles. The first kappa shape index (κ1) is 17.9. The summed E-state index contributed by atoms with van der Waals surface area (Å²) in [7, 11) is -3.20. The number of hydrogen-bond acceptors (Lipinski definition) is 3. The summed E-state index contributed by atoms with van der Waals surface area (Å²) in [6.07, 6.45) is 5.06. The summed E-state index contributed by atoms with van der Waals surface area (Å²) in [5.74, 6) is 0. The molecule has 0 radical (unpaired) electrons. The van der Waals surface area contributed by atoms with Gasteiger partial charge in [-0.25, -0.2) is 13.1 Å². The van der Waals surface area contributed by atoms with Crippen LogP contribution in [0.25, 0.3) is 0 Å². The smallest absolute Gasteiger partial charge is 0.215 e. The zero-order valence-corrected chi connectivity index (χ0v) is 13.1. The molecule has 18 heavy (non-hydrogen) atoms. The highest BCUT2D eigenvalue weighted by molar-refractivity contribution is 7.90. The number of unbranched alkanes of at least 4 members (excludes halogenated alkanes) is 1. The molecule has 0 rings (SSSR count). The maximum absolute atomic E-state index is 12.1. The van der Waals surface area contributed by atoms with E-state index in [1.165, 1.54) is 0 Å². The van der Waals surface area contributed by atoms with E-state index in [0.717, 1.165) is 38.6 Å². The van der Waals surface area contributed by atoms with Gasteiger partial charge in [0, 0.05) is 12.6 Å². The lowest BCUT2D eigenvalue weighted by atomic mass is 10.1.